The highest BCUT2D eigenvalue weighted by Crippen LogP contribution is 2.29. The maximum absolute atomic E-state index is 12.2. The topological polar surface area (TPSA) is 83.9 Å². The van der Waals surface area contributed by atoms with Gasteiger partial charge < -0.3 is 10.2 Å². The number of hydrogen-bond acceptors (Lipinski definition) is 8. The summed E-state index contributed by atoms with van der Waals surface area (Å²) in [6.45, 7) is 5.52. The van der Waals surface area contributed by atoms with Crippen LogP contribution in [0.5, 0.6) is 0 Å². The highest BCUT2D eigenvalue weighted by atomic mass is 32.1. The average molecular weight is 387 g/mol. The van der Waals surface area contributed by atoms with Gasteiger partial charge in [-0.1, -0.05) is 0 Å². The third-order valence-electron chi connectivity index (χ3n) is 4.25. The summed E-state index contributed by atoms with van der Waals surface area (Å²) in [4.78, 5) is 29.7. The summed E-state index contributed by atoms with van der Waals surface area (Å²) in [7, 11) is 0. The Balaban J connectivity index is 1.46. The van der Waals surface area contributed by atoms with Gasteiger partial charge in [-0.2, -0.15) is 0 Å². The largest absolute Gasteiger partial charge is 0.347 e. The average Bonchev–Trinajstić information content (AvgIpc) is 3.36. The Labute approximate surface area is 159 Å². The highest BCUT2D eigenvalue weighted by Gasteiger charge is 2.26. The van der Waals surface area contributed by atoms with Gasteiger partial charge in [-0.15, -0.1) is 11.3 Å². The number of carbonyl (C=O) groups excluding carboxylic acids is 1. The summed E-state index contributed by atoms with van der Waals surface area (Å²) in [6, 6.07) is 3.74. The van der Waals surface area contributed by atoms with E-state index in [1.54, 1.807) is 29.8 Å². The predicted octanol–water partition coefficient (Wildman–Crippen LogP) is 2.68. The van der Waals surface area contributed by atoms with Crippen LogP contribution in [-0.4, -0.2) is 44.4 Å². The molecule has 1 N–H and O–H groups in total. The Hall–Kier alpha value is -2.39. The molecule has 0 saturated carbocycles. The quantitative estimate of drug-likeness (QED) is 0.742. The molecule has 1 unspecified atom stereocenters. The molecule has 1 amide bonds. The first-order chi connectivity index (χ1) is 12.6. The van der Waals surface area contributed by atoms with E-state index < -0.39 is 0 Å². The monoisotopic (exact) mass is 386 g/mol. The third kappa shape index (κ3) is 3.45. The molecule has 0 bridgehead atoms. The number of thiazole rings is 1. The van der Waals surface area contributed by atoms with Crippen LogP contribution in [0.15, 0.2) is 24.5 Å². The van der Waals surface area contributed by atoms with Crippen molar-refractivity contribution >= 4 is 34.7 Å². The highest BCUT2D eigenvalue weighted by molar-refractivity contribution is 7.15. The fourth-order valence-corrected chi connectivity index (χ4v) is 4.43. The molecule has 0 aliphatic carbocycles. The SMILES string of the molecule is Cc1nc(C)c(-c2ccnc(N3CCC(NC(=O)c4ccns4)C3)n2)s1. The van der Waals surface area contributed by atoms with Crippen molar-refractivity contribution in [2.24, 2.45) is 0 Å². The number of nitrogens with zero attached hydrogens (tertiary/aromatic N) is 5. The minimum atomic E-state index is -0.0650. The number of aryl methyl sites for hydroxylation is 2. The number of anilines is 1. The van der Waals surface area contributed by atoms with Gasteiger partial charge in [0.2, 0.25) is 5.95 Å². The van der Waals surface area contributed by atoms with E-state index in [1.165, 1.54) is 11.5 Å². The summed E-state index contributed by atoms with van der Waals surface area (Å²) < 4.78 is 3.97. The first kappa shape index (κ1) is 17.0. The molecule has 1 saturated heterocycles. The van der Waals surface area contributed by atoms with Crippen molar-refractivity contribution < 1.29 is 4.79 Å². The molecule has 0 radical (unpaired) electrons. The lowest BCUT2D eigenvalue weighted by molar-refractivity contribution is 0.0944. The van der Waals surface area contributed by atoms with Crippen LogP contribution in [-0.2, 0) is 0 Å². The van der Waals surface area contributed by atoms with Crippen molar-refractivity contribution in [3.63, 3.8) is 0 Å². The van der Waals surface area contributed by atoms with E-state index in [-0.39, 0.29) is 11.9 Å². The molecule has 0 spiro atoms. The van der Waals surface area contributed by atoms with E-state index >= 15 is 0 Å². The molecular formula is C17H18N6OS2. The van der Waals surface area contributed by atoms with Crippen LogP contribution in [0.2, 0.25) is 0 Å². The molecule has 3 aromatic rings. The smallest absolute Gasteiger partial charge is 0.263 e. The molecule has 4 heterocycles. The molecule has 1 aliphatic rings. The predicted molar refractivity (Wildman–Crippen MR) is 103 cm³/mol. The molecule has 0 aromatic carbocycles. The summed E-state index contributed by atoms with van der Waals surface area (Å²) in [5.74, 6) is 0.632. The number of hydrogen-bond donors (Lipinski definition) is 1. The fourth-order valence-electron chi connectivity index (χ4n) is 3.05. The van der Waals surface area contributed by atoms with E-state index in [1.807, 2.05) is 19.9 Å². The van der Waals surface area contributed by atoms with E-state index in [9.17, 15) is 4.79 Å². The first-order valence-corrected chi connectivity index (χ1v) is 9.93. The van der Waals surface area contributed by atoms with Gasteiger partial charge in [-0.3, -0.25) is 4.79 Å². The zero-order valence-electron chi connectivity index (χ0n) is 14.5. The lowest BCUT2D eigenvalue weighted by atomic mass is 10.2. The number of nitrogens with one attached hydrogen (secondary N) is 1. The van der Waals surface area contributed by atoms with Crippen LogP contribution < -0.4 is 10.2 Å². The van der Waals surface area contributed by atoms with Gasteiger partial charge in [0.05, 0.1) is 21.3 Å². The maximum Gasteiger partial charge on any atom is 0.263 e. The molecule has 1 atom stereocenters. The zero-order chi connectivity index (χ0) is 18.1. The summed E-state index contributed by atoms with van der Waals surface area (Å²) in [5, 5.41) is 4.10. The van der Waals surface area contributed by atoms with Crippen molar-refractivity contribution in [2.45, 2.75) is 26.3 Å². The molecule has 3 aromatic heterocycles. The van der Waals surface area contributed by atoms with Gasteiger partial charge in [0.25, 0.3) is 5.91 Å². The van der Waals surface area contributed by atoms with E-state index in [0.717, 1.165) is 34.2 Å². The normalized spacial score (nSPS) is 16.8. The fraction of sp³-hybridized carbons (Fsp3) is 0.353. The van der Waals surface area contributed by atoms with Crippen molar-refractivity contribution in [3.8, 4) is 10.6 Å². The van der Waals surface area contributed by atoms with Gasteiger partial charge in [0, 0.05) is 31.5 Å². The second-order valence-corrected chi connectivity index (χ2v) is 8.21. The Morgan fingerprint density at radius 3 is 2.88 bits per heavy atom. The molecule has 9 heteroatoms. The number of carbonyl (C=O) groups is 1. The first-order valence-electron chi connectivity index (χ1n) is 8.34. The molecule has 1 aliphatic heterocycles. The Morgan fingerprint density at radius 1 is 1.27 bits per heavy atom. The van der Waals surface area contributed by atoms with E-state index in [0.29, 0.717) is 17.4 Å². The number of amides is 1. The van der Waals surface area contributed by atoms with Crippen molar-refractivity contribution in [1.82, 2.24) is 24.6 Å². The minimum Gasteiger partial charge on any atom is -0.347 e. The Morgan fingerprint density at radius 2 is 2.15 bits per heavy atom. The lowest BCUT2D eigenvalue weighted by Gasteiger charge is -2.17. The molecule has 134 valence electrons. The molecule has 4 rings (SSSR count). The second kappa shape index (κ2) is 7.08. The molecular weight excluding hydrogens is 368 g/mol. The van der Waals surface area contributed by atoms with Crippen LogP contribution in [0.1, 0.15) is 26.8 Å². The van der Waals surface area contributed by atoms with Gasteiger partial charge in [-0.05, 0) is 43.9 Å². The summed E-state index contributed by atoms with van der Waals surface area (Å²) >= 11 is 2.85. The summed E-state index contributed by atoms with van der Waals surface area (Å²) in [6.07, 6.45) is 4.30. The Bertz CT molecular complexity index is 923. The molecule has 26 heavy (non-hydrogen) atoms. The standard InChI is InChI=1S/C17H18N6OS2/c1-10-15(25-11(2)20-10)13-3-6-18-17(22-13)23-8-5-12(9-23)21-16(24)14-4-7-19-26-14/h3-4,6-7,12H,5,8-9H2,1-2H3,(H,21,24). The van der Waals surface area contributed by atoms with E-state index in [2.05, 4.69) is 24.6 Å². The molecule has 1 fully saturated rings. The van der Waals surface area contributed by atoms with Crippen molar-refractivity contribution in [1.29, 1.82) is 0 Å². The Kier molecular flexibility index (Phi) is 4.64. The van der Waals surface area contributed by atoms with Crippen molar-refractivity contribution in [3.05, 3.63) is 40.1 Å². The maximum atomic E-state index is 12.2. The second-order valence-electron chi connectivity index (χ2n) is 6.17. The van der Waals surface area contributed by atoms with Gasteiger partial charge in [0.15, 0.2) is 0 Å². The van der Waals surface area contributed by atoms with Gasteiger partial charge >= 0.3 is 0 Å². The summed E-state index contributed by atoms with van der Waals surface area (Å²) in [5.41, 5.74) is 1.89. The molecule has 7 nitrogen and oxygen atoms in total. The lowest BCUT2D eigenvalue weighted by Crippen LogP contribution is -2.37. The third-order valence-corrected chi connectivity index (χ3v) is 6.09. The van der Waals surface area contributed by atoms with Crippen LogP contribution in [0.25, 0.3) is 10.6 Å². The van der Waals surface area contributed by atoms with Crippen LogP contribution in [0.3, 0.4) is 0 Å². The van der Waals surface area contributed by atoms with Crippen LogP contribution in [0, 0.1) is 13.8 Å². The van der Waals surface area contributed by atoms with Crippen molar-refractivity contribution in [2.75, 3.05) is 18.0 Å². The van der Waals surface area contributed by atoms with E-state index in [4.69, 9.17) is 4.98 Å². The van der Waals surface area contributed by atoms with Gasteiger partial charge in [-0.25, -0.2) is 19.3 Å². The van der Waals surface area contributed by atoms with Crippen LogP contribution in [0.4, 0.5) is 5.95 Å². The minimum absolute atomic E-state index is 0.0650. The number of aromatic nitrogens is 4. The number of rotatable bonds is 4. The zero-order valence-corrected chi connectivity index (χ0v) is 16.1. The van der Waals surface area contributed by atoms with Crippen LogP contribution >= 0.6 is 22.9 Å². The van der Waals surface area contributed by atoms with Gasteiger partial charge in [0.1, 0.15) is 4.88 Å².